The first kappa shape index (κ1) is 12.7. The number of halogens is 1. The van der Waals surface area contributed by atoms with E-state index in [9.17, 15) is 14.6 Å². The fraction of sp³-hybridized carbons (Fsp3) is 0. The summed E-state index contributed by atoms with van der Waals surface area (Å²) in [6.07, 6.45) is 0. The molecule has 2 N–H and O–H groups in total. The third-order valence-corrected chi connectivity index (χ3v) is 4.17. The van der Waals surface area contributed by atoms with Crippen LogP contribution in [-0.2, 0) is 0 Å². The molecule has 0 amide bonds. The van der Waals surface area contributed by atoms with Gasteiger partial charge in [-0.1, -0.05) is 6.07 Å². The summed E-state index contributed by atoms with van der Waals surface area (Å²) in [4.78, 5) is 1.99. The van der Waals surface area contributed by atoms with Crippen LogP contribution in [0.4, 0.5) is 4.39 Å². The highest BCUT2D eigenvalue weighted by atomic mass is 32.1. The average Bonchev–Trinajstić information content (AvgIpc) is 2.92. The number of hydrogen-bond acceptors (Lipinski definition) is 3. The first-order valence-corrected chi connectivity index (χ1v) is 6.83. The summed E-state index contributed by atoms with van der Waals surface area (Å²) in [6.45, 7) is 0. The van der Waals surface area contributed by atoms with Gasteiger partial charge in [0.05, 0.1) is 0 Å². The van der Waals surface area contributed by atoms with E-state index in [-0.39, 0.29) is 11.5 Å². The number of rotatable bonds is 2. The molecule has 0 unspecified atom stereocenters. The molecule has 0 bridgehead atoms. The van der Waals surface area contributed by atoms with Crippen molar-refractivity contribution in [3.05, 3.63) is 60.4 Å². The van der Waals surface area contributed by atoms with Crippen LogP contribution in [0.1, 0.15) is 0 Å². The molecular formula is C16H11FO2S. The Morgan fingerprint density at radius 2 is 1.35 bits per heavy atom. The van der Waals surface area contributed by atoms with Crippen molar-refractivity contribution in [3.63, 3.8) is 0 Å². The predicted molar refractivity (Wildman–Crippen MR) is 78.5 cm³/mol. The van der Waals surface area contributed by atoms with Gasteiger partial charge in [-0.2, -0.15) is 0 Å². The minimum atomic E-state index is -0.621. The maximum absolute atomic E-state index is 13.1. The molecule has 2 aromatic carbocycles. The van der Waals surface area contributed by atoms with Gasteiger partial charge < -0.3 is 10.2 Å². The van der Waals surface area contributed by atoms with Crippen LogP contribution in [0.5, 0.6) is 11.5 Å². The van der Waals surface area contributed by atoms with E-state index in [4.69, 9.17) is 0 Å². The SMILES string of the molecule is Oc1ccc(-c2ccc(-c3ccc(F)c(O)c3)s2)cc1. The molecule has 4 heteroatoms. The fourth-order valence-corrected chi connectivity index (χ4v) is 2.95. The van der Waals surface area contributed by atoms with Gasteiger partial charge in [0.1, 0.15) is 5.75 Å². The van der Waals surface area contributed by atoms with Crippen LogP contribution in [0.3, 0.4) is 0 Å². The lowest BCUT2D eigenvalue weighted by molar-refractivity contribution is 0.433. The normalized spacial score (nSPS) is 10.7. The van der Waals surface area contributed by atoms with E-state index in [2.05, 4.69) is 0 Å². The number of aromatic hydroxyl groups is 2. The second-order valence-electron chi connectivity index (χ2n) is 4.38. The first-order chi connectivity index (χ1) is 9.63. The zero-order valence-electron chi connectivity index (χ0n) is 10.4. The molecular weight excluding hydrogens is 275 g/mol. The van der Waals surface area contributed by atoms with Gasteiger partial charge in [0.15, 0.2) is 11.6 Å². The molecule has 0 aliphatic heterocycles. The molecule has 1 aromatic heterocycles. The van der Waals surface area contributed by atoms with Gasteiger partial charge in [-0.25, -0.2) is 4.39 Å². The Kier molecular flexibility index (Phi) is 3.16. The molecule has 3 rings (SSSR count). The molecule has 100 valence electrons. The fourth-order valence-electron chi connectivity index (χ4n) is 1.94. The van der Waals surface area contributed by atoms with E-state index in [1.807, 2.05) is 24.3 Å². The molecule has 0 aliphatic carbocycles. The number of hydrogen-bond donors (Lipinski definition) is 2. The minimum absolute atomic E-state index is 0.231. The summed E-state index contributed by atoms with van der Waals surface area (Å²) in [5.41, 5.74) is 1.78. The van der Waals surface area contributed by atoms with E-state index in [1.165, 1.54) is 12.1 Å². The van der Waals surface area contributed by atoms with Crippen LogP contribution in [0, 0.1) is 5.82 Å². The van der Waals surface area contributed by atoms with E-state index in [1.54, 1.807) is 29.5 Å². The Bertz CT molecular complexity index is 747. The van der Waals surface area contributed by atoms with Gasteiger partial charge in [0.2, 0.25) is 0 Å². The summed E-state index contributed by atoms with van der Waals surface area (Å²) in [7, 11) is 0. The number of benzene rings is 2. The molecule has 0 atom stereocenters. The van der Waals surface area contributed by atoms with E-state index < -0.39 is 5.82 Å². The van der Waals surface area contributed by atoms with E-state index >= 15 is 0 Å². The third kappa shape index (κ3) is 2.38. The molecule has 20 heavy (non-hydrogen) atoms. The Balaban J connectivity index is 1.97. The monoisotopic (exact) mass is 286 g/mol. The lowest BCUT2D eigenvalue weighted by Crippen LogP contribution is -1.77. The largest absolute Gasteiger partial charge is 0.508 e. The molecule has 0 radical (unpaired) electrons. The third-order valence-electron chi connectivity index (χ3n) is 2.99. The predicted octanol–water partition coefficient (Wildman–Crippen LogP) is 4.63. The van der Waals surface area contributed by atoms with Crippen LogP contribution in [0.15, 0.2) is 54.6 Å². The van der Waals surface area contributed by atoms with Gasteiger partial charge in [0.25, 0.3) is 0 Å². The van der Waals surface area contributed by atoms with Gasteiger partial charge in [0, 0.05) is 9.75 Å². The van der Waals surface area contributed by atoms with Crippen LogP contribution in [0.2, 0.25) is 0 Å². The number of thiophene rings is 1. The number of phenolic OH excluding ortho intramolecular Hbond substituents is 2. The first-order valence-electron chi connectivity index (χ1n) is 6.01. The summed E-state index contributed by atoms with van der Waals surface area (Å²) in [6, 6.07) is 15.2. The molecule has 1 heterocycles. The second kappa shape index (κ2) is 4.98. The molecule has 0 saturated carbocycles. The second-order valence-corrected chi connectivity index (χ2v) is 5.46. The van der Waals surface area contributed by atoms with Crippen molar-refractivity contribution in [2.24, 2.45) is 0 Å². The van der Waals surface area contributed by atoms with Gasteiger partial charge >= 0.3 is 0 Å². The Morgan fingerprint density at radius 1 is 0.750 bits per heavy atom. The van der Waals surface area contributed by atoms with Crippen molar-refractivity contribution in [3.8, 4) is 32.4 Å². The highest BCUT2D eigenvalue weighted by molar-refractivity contribution is 7.18. The molecule has 0 aliphatic rings. The smallest absolute Gasteiger partial charge is 0.164 e. The summed E-state index contributed by atoms with van der Waals surface area (Å²) in [5.74, 6) is -0.736. The van der Waals surface area contributed by atoms with Gasteiger partial charge in [-0.05, 0) is 59.7 Å². The standard InChI is InChI=1S/C16H11FO2S/c17-13-6-3-11(9-14(13)19)16-8-7-15(20-16)10-1-4-12(18)5-2-10/h1-9,18-19H. The lowest BCUT2D eigenvalue weighted by Gasteiger charge is -2.00. The zero-order chi connectivity index (χ0) is 14.1. The van der Waals surface area contributed by atoms with Crippen LogP contribution in [0.25, 0.3) is 20.9 Å². The van der Waals surface area contributed by atoms with Crippen LogP contribution >= 0.6 is 11.3 Å². The van der Waals surface area contributed by atoms with Crippen molar-refractivity contribution >= 4 is 11.3 Å². The summed E-state index contributed by atoms with van der Waals surface area (Å²) < 4.78 is 13.1. The Morgan fingerprint density at radius 3 is 2.00 bits per heavy atom. The topological polar surface area (TPSA) is 40.5 Å². The van der Waals surface area contributed by atoms with Gasteiger partial charge in [-0.15, -0.1) is 11.3 Å². The average molecular weight is 286 g/mol. The van der Waals surface area contributed by atoms with E-state index in [0.717, 1.165) is 20.9 Å². The summed E-state index contributed by atoms with van der Waals surface area (Å²) >= 11 is 1.54. The molecule has 0 spiro atoms. The van der Waals surface area contributed by atoms with Gasteiger partial charge in [-0.3, -0.25) is 0 Å². The molecule has 0 saturated heterocycles. The van der Waals surface area contributed by atoms with Crippen molar-refractivity contribution in [1.29, 1.82) is 0 Å². The summed E-state index contributed by atoms with van der Waals surface area (Å²) in [5, 5.41) is 18.7. The Labute approximate surface area is 119 Å². The molecule has 3 aromatic rings. The highest BCUT2D eigenvalue weighted by Crippen LogP contribution is 2.36. The maximum atomic E-state index is 13.1. The van der Waals surface area contributed by atoms with E-state index in [0.29, 0.717) is 0 Å². The number of phenols is 2. The maximum Gasteiger partial charge on any atom is 0.164 e. The van der Waals surface area contributed by atoms with Crippen molar-refractivity contribution < 1.29 is 14.6 Å². The Hall–Kier alpha value is -2.33. The molecule has 2 nitrogen and oxygen atoms in total. The zero-order valence-corrected chi connectivity index (χ0v) is 11.2. The minimum Gasteiger partial charge on any atom is -0.508 e. The lowest BCUT2D eigenvalue weighted by atomic mass is 10.1. The van der Waals surface area contributed by atoms with Crippen LogP contribution in [-0.4, -0.2) is 10.2 Å². The highest BCUT2D eigenvalue weighted by Gasteiger charge is 2.07. The van der Waals surface area contributed by atoms with Crippen molar-refractivity contribution in [2.45, 2.75) is 0 Å². The van der Waals surface area contributed by atoms with Crippen LogP contribution < -0.4 is 0 Å². The molecule has 0 fully saturated rings. The quantitative estimate of drug-likeness (QED) is 0.721. The van der Waals surface area contributed by atoms with Crippen molar-refractivity contribution in [2.75, 3.05) is 0 Å². The van der Waals surface area contributed by atoms with Crippen molar-refractivity contribution in [1.82, 2.24) is 0 Å².